The molecule has 502 valence electrons. The number of ketones is 4. The van der Waals surface area contributed by atoms with E-state index in [2.05, 4.69) is 41.2 Å². The second-order valence-electron chi connectivity index (χ2n) is 21.3. The van der Waals surface area contributed by atoms with Crippen molar-refractivity contribution in [3.63, 3.8) is 0 Å². The number of nitrogens with one attached hydrogen (secondary N) is 4. The van der Waals surface area contributed by atoms with Gasteiger partial charge in [-0.1, -0.05) is 24.3 Å². The van der Waals surface area contributed by atoms with E-state index in [9.17, 15) is 43.2 Å². The van der Waals surface area contributed by atoms with Crippen LogP contribution in [0, 0.1) is 0 Å². The van der Waals surface area contributed by atoms with E-state index < -0.39 is 77.7 Å². The summed E-state index contributed by atoms with van der Waals surface area (Å²) < 4.78 is 21.9. The number of hydrogen-bond acceptors (Lipinski definition) is 18. The first-order valence-electron chi connectivity index (χ1n) is 29.5. The van der Waals surface area contributed by atoms with Gasteiger partial charge in [0.15, 0.2) is 47.0 Å². The van der Waals surface area contributed by atoms with E-state index in [-0.39, 0.29) is 159 Å². The number of nitrogens with zero attached hydrogens (tertiary/aromatic N) is 4. The van der Waals surface area contributed by atoms with Gasteiger partial charge in [0.1, 0.15) is 29.5 Å². The van der Waals surface area contributed by atoms with Gasteiger partial charge in [0.2, 0.25) is 0 Å². The highest BCUT2D eigenvalue weighted by molar-refractivity contribution is 6.04. The van der Waals surface area contributed by atoms with Gasteiger partial charge in [-0.25, -0.2) is 0 Å². The number of carboxylic acids is 1. The van der Waals surface area contributed by atoms with Crippen molar-refractivity contribution in [1.29, 1.82) is 0 Å². The normalized spacial score (nSPS) is 12.0. The third-order valence-electron chi connectivity index (χ3n) is 14.2. The largest absolute Gasteiger partial charge is 0.496 e. The number of guanidine groups is 4. The molecule has 0 radical (unpaired) electrons. The fraction of sp³-hybridized carbons (Fsp3) is 0.403. The summed E-state index contributed by atoms with van der Waals surface area (Å²) in [6.07, 6.45) is 0.576. The number of nitrogens with two attached hydrogens (primary N) is 9. The van der Waals surface area contributed by atoms with Crippen LogP contribution in [0.1, 0.15) is 115 Å². The first-order valence-corrected chi connectivity index (χ1v) is 29.5. The van der Waals surface area contributed by atoms with Gasteiger partial charge in [0, 0.05) is 51.9 Å². The van der Waals surface area contributed by atoms with E-state index >= 15 is 0 Å². The molecule has 0 aliphatic carbocycles. The lowest BCUT2D eigenvalue weighted by Crippen LogP contribution is -2.42. The van der Waals surface area contributed by atoms with Gasteiger partial charge in [-0.2, -0.15) is 0 Å². The highest BCUT2D eigenvalue weighted by atomic mass is 16.5. The molecule has 4 aromatic rings. The number of hydrogen-bond donors (Lipinski definition) is 14. The Morgan fingerprint density at radius 3 is 0.914 bits per heavy atom. The topological polar surface area (TPSA) is 543 Å². The molecule has 0 unspecified atom stereocenters. The molecule has 0 fully saturated rings. The Morgan fingerprint density at radius 2 is 0.656 bits per heavy atom. The van der Waals surface area contributed by atoms with Gasteiger partial charge in [0.05, 0.1) is 74.9 Å². The van der Waals surface area contributed by atoms with Crippen molar-refractivity contribution >= 4 is 76.6 Å². The third-order valence-corrected chi connectivity index (χ3v) is 14.2. The molecule has 0 spiro atoms. The quantitative estimate of drug-likeness (QED) is 0.0143. The smallest absolute Gasteiger partial charge is 0.322 e. The van der Waals surface area contributed by atoms with E-state index in [1.807, 2.05) is 0 Å². The Labute approximate surface area is 537 Å². The second kappa shape index (κ2) is 38.0. The van der Waals surface area contributed by atoms with Crippen LogP contribution in [0.4, 0.5) is 0 Å². The maximum Gasteiger partial charge on any atom is 0.322 e. The molecule has 0 bridgehead atoms. The predicted octanol–water partition coefficient (Wildman–Crippen LogP) is -1.08. The minimum absolute atomic E-state index is 0.0261. The number of rotatable bonds is 41. The average Bonchev–Trinajstić information content (AvgIpc) is 1.08. The number of carbonyl (C=O) groups excluding carboxylic acids is 8. The fourth-order valence-electron chi connectivity index (χ4n) is 9.57. The van der Waals surface area contributed by atoms with E-state index in [0.29, 0.717) is 41.6 Å². The first kappa shape index (κ1) is 74.6. The SMILES string of the molecule is COc1ccc(CC(=O)[C@@H](CCCN=C(N)N)NC(=O)c2cc(CC(=O)[C@@H](CCCN=C(N)N)NC(=O)c3cc(CC(=O)[C@@H](CCCN=C(N)N)NC(=O)c4cc(CC(=O)[C@H](N)CCCN=C(N)N)ccc4OC)ccc3OC)ccc2OC)cc1C(=O)NCC(=O)O. The number of carboxylic acid groups (broad SMARTS) is 1. The van der Waals surface area contributed by atoms with Crippen LogP contribution in [0.15, 0.2) is 92.8 Å². The van der Waals surface area contributed by atoms with E-state index in [1.165, 1.54) is 77.0 Å². The monoisotopic (exact) mass is 1290 g/mol. The minimum atomic E-state index is -1.28. The number of Topliss-reactive ketones (excluding diaryl/α,β-unsaturated/α-hetero) is 4. The molecule has 0 saturated carbocycles. The zero-order chi connectivity index (χ0) is 68.7. The number of benzene rings is 4. The molecule has 0 saturated heterocycles. The minimum Gasteiger partial charge on any atom is -0.496 e. The van der Waals surface area contributed by atoms with Crippen LogP contribution < -0.4 is 91.8 Å². The summed E-state index contributed by atoms with van der Waals surface area (Å²) in [7, 11) is 5.33. The molecular weight excluding hydrogens is 1210 g/mol. The Kier molecular flexibility index (Phi) is 30.5. The molecule has 23 N–H and O–H groups in total. The third kappa shape index (κ3) is 25.2. The van der Waals surface area contributed by atoms with E-state index in [1.54, 1.807) is 24.3 Å². The second-order valence-corrected chi connectivity index (χ2v) is 21.3. The number of ether oxygens (including phenoxy) is 4. The number of aliphatic carboxylic acids is 1. The van der Waals surface area contributed by atoms with Crippen molar-refractivity contribution in [3.8, 4) is 23.0 Å². The summed E-state index contributed by atoms with van der Waals surface area (Å²) in [4.78, 5) is 139. The zero-order valence-electron chi connectivity index (χ0n) is 52.5. The molecule has 4 amide bonds. The van der Waals surface area contributed by atoms with Crippen LogP contribution in [-0.4, -0.2) is 167 Å². The van der Waals surface area contributed by atoms with Gasteiger partial charge >= 0.3 is 5.97 Å². The van der Waals surface area contributed by atoms with Crippen molar-refractivity contribution in [3.05, 3.63) is 117 Å². The standard InChI is InChI=1S/C62H85N17O14/c1-90-50-17-14-35(25-38(50)55(86)76-33-54(84)85)30-47(81)43(10-6-22-73-60(66)67)78-57(88)40-27-37(16-19-52(40)92-3)32-49(83)45(12-8-24-75-62(70)71)79-58(89)41-28-36(15-20-53(41)93-4)31-48(82)44(11-7-23-74-61(68)69)77-56(87)39-26-34(13-18-51(39)91-2)29-46(80)42(63)9-5-21-72-59(64)65/h13-20,25-28,42-45H,5-12,21-24,29-33,63H2,1-4H3,(H,76,86)(H,77,87)(H,78,88)(H,79,89)(H,84,85)(H4,64,65,72)(H4,66,67,73)(H4,68,69,74)(H4,70,71,75)/t42-,43-,44-,45-/m1/s1. The van der Waals surface area contributed by atoms with Crippen LogP contribution in [0.2, 0.25) is 0 Å². The fourth-order valence-corrected chi connectivity index (χ4v) is 9.57. The molecule has 4 rings (SSSR count). The zero-order valence-corrected chi connectivity index (χ0v) is 52.5. The van der Waals surface area contributed by atoms with Gasteiger partial charge in [-0.15, -0.1) is 0 Å². The maximum atomic E-state index is 14.5. The molecule has 0 aromatic heterocycles. The van der Waals surface area contributed by atoms with Crippen LogP contribution >= 0.6 is 0 Å². The summed E-state index contributed by atoms with van der Waals surface area (Å²) in [6, 6.07) is 13.5. The lowest BCUT2D eigenvalue weighted by molar-refractivity contribution is -0.136. The van der Waals surface area contributed by atoms with Gasteiger partial charge in [-0.05, 0) is 122 Å². The molecule has 0 heterocycles. The van der Waals surface area contributed by atoms with Gasteiger partial charge in [0.25, 0.3) is 23.6 Å². The highest BCUT2D eigenvalue weighted by Gasteiger charge is 2.29. The lowest BCUT2D eigenvalue weighted by Gasteiger charge is -2.21. The molecule has 93 heavy (non-hydrogen) atoms. The van der Waals surface area contributed by atoms with E-state index in [4.69, 9.17) is 75.7 Å². The number of aliphatic imine (C=N–C) groups is 4. The van der Waals surface area contributed by atoms with E-state index in [0.717, 1.165) is 0 Å². The Bertz CT molecular complexity index is 3430. The van der Waals surface area contributed by atoms with Gasteiger partial charge < -0.3 is 96.9 Å². The number of methoxy groups -OCH3 is 4. The number of carbonyl (C=O) groups is 9. The molecule has 4 atom stereocenters. The van der Waals surface area contributed by atoms with Crippen LogP contribution in [-0.2, 0) is 49.7 Å². The summed E-state index contributed by atoms with van der Waals surface area (Å²) in [6.45, 7) is -0.0632. The molecule has 31 nitrogen and oxygen atoms in total. The Morgan fingerprint density at radius 1 is 0.398 bits per heavy atom. The van der Waals surface area contributed by atoms with Crippen LogP contribution in [0.5, 0.6) is 23.0 Å². The van der Waals surface area contributed by atoms with Crippen molar-refractivity contribution < 1.29 is 67.2 Å². The van der Waals surface area contributed by atoms with Gasteiger partial charge in [-0.3, -0.25) is 63.1 Å². The number of amides is 4. The summed E-state index contributed by atoms with van der Waals surface area (Å²) in [5.41, 5.74) is 51.7. The van der Waals surface area contributed by atoms with Crippen molar-refractivity contribution in [2.75, 3.05) is 61.2 Å². The molecule has 0 aliphatic rings. The first-order chi connectivity index (χ1) is 44.3. The van der Waals surface area contributed by atoms with Crippen molar-refractivity contribution in [2.24, 2.45) is 71.6 Å². The molecule has 0 aliphatic heterocycles. The van der Waals surface area contributed by atoms with Crippen LogP contribution in [0.3, 0.4) is 0 Å². The summed E-state index contributed by atoms with van der Waals surface area (Å²) in [5, 5.41) is 19.8. The average molecular weight is 1290 g/mol. The molecular formula is C62H85N17O14. The molecule has 31 heteroatoms. The molecule has 4 aromatic carbocycles. The Hall–Kier alpha value is -10.9. The van der Waals surface area contributed by atoms with Crippen molar-refractivity contribution in [1.82, 2.24) is 21.3 Å². The van der Waals surface area contributed by atoms with Crippen LogP contribution in [0.25, 0.3) is 0 Å². The lowest BCUT2D eigenvalue weighted by atomic mass is 9.96. The summed E-state index contributed by atoms with van der Waals surface area (Å²) >= 11 is 0. The summed E-state index contributed by atoms with van der Waals surface area (Å²) in [5.74, 6) is -6.20. The highest BCUT2D eigenvalue weighted by Crippen LogP contribution is 2.27. The maximum absolute atomic E-state index is 14.5. The van der Waals surface area contributed by atoms with Crippen molar-refractivity contribution in [2.45, 2.75) is 101 Å². The Balaban J connectivity index is 1.61. The predicted molar refractivity (Wildman–Crippen MR) is 348 cm³/mol.